The molecule has 0 aliphatic carbocycles. The zero-order valence-corrected chi connectivity index (χ0v) is 3.86. The average Bonchev–Trinajstić information content (AvgIpc) is 0.811. The van der Waals surface area contributed by atoms with E-state index in [0.717, 1.165) is 4.09 Å². The van der Waals surface area contributed by atoms with Gasteiger partial charge >= 0.3 is 0 Å². The minimum atomic E-state index is 0.812. The fourth-order valence-corrected chi connectivity index (χ4v) is 0. The number of rotatable bonds is 0. The maximum atomic E-state index is 7.81. The van der Waals surface area contributed by atoms with E-state index in [-0.39, 0.29) is 0 Å². The lowest BCUT2D eigenvalue weighted by Gasteiger charge is -1.84. The van der Waals surface area contributed by atoms with Gasteiger partial charge < -0.3 is 5.21 Å². The zero-order chi connectivity index (χ0) is 3.58. The van der Waals surface area contributed by atoms with E-state index in [1.165, 1.54) is 7.05 Å². The Hall–Kier alpha value is 0.400. The lowest BCUT2D eigenvalue weighted by molar-refractivity contribution is 0.0554. The number of hydrogen-bond donors (Lipinski definition) is 1. The van der Waals surface area contributed by atoms with Crippen molar-refractivity contribution < 1.29 is 5.21 Å². The molecule has 0 fully saturated rings. The molecule has 0 rings (SSSR count). The SMILES string of the molecule is CN(O)Br. The lowest BCUT2D eigenvalue weighted by atomic mass is 11.6. The van der Waals surface area contributed by atoms with Crippen molar-refractivity contribution in [2.75, 3.05) is 7.05 Å². The molecule has 0 aromatic carbocycles. The van der Waals surface area contributed by atoms with Gasteiger partial charge in [0, 0.05) is 23.2 Å². The average molecular weight is 126 g/mol. The van der Waals surface area contributed by atoms with E-state index >= 15 is 0 Å². The smallest absolute Gasteiger partial charge is 0.0403 e. The van der Waals surface area contributed by atoms with Gasteiger partial charge in [-0.15, -0.1) is 4.09 Å². The third kappa shape index (κ3) is 29.4. The van der Waals surface area contributed by atoms with E-state index in [1.54, 1.807) is 0 Å². The number of hydroxylamine groups is 1. The van der Waals surface area contributed by atoms with Gasteiger partial charge in [0.1, 0.15) is 0 Å². The summed E-state index contributed by atoms with van der Waals surface area (Å²) < 4.78 is 0.812. The van der Waals surface area contributed by atoms with Gasteiger partial charge in [-0.3, -0.25) is 0 Å². The molecule has 0 spiro atoms. The molecule has 0 aromatic rings. The first-order valence-corrected chi connectivity index (χ1v) is 1.53. The van der Waals surface area contributed by atoms with Crippen LogP contribution in [0, 0.1) is 0 Å². The predicted molar refractivity (Wildman–Crippen MR) is 18.5 cm³/mol. The monoisotopic (exact) mass is 125 g/mol. The summed E-state index contributed by atoms with van der Waals surface area (Å²) in [6.45, 7) is 0. The van der Waals surface area contributed by atoms with Crippen molar-refractivity contribution in [1.29, 1.82) is 0 Å². The van der Waals surface area contributed by atoms with Crippen LogP contribution < -0.4 is 0 Å². The van der Waals surface area contributed by atoms with Crippen LogP contribution >= 0.6 is 16.1 Å². The van der Waals surface area contributed by atoms with Crippen molar-refractivity contribution in [3.63, 3.8) is 0 Å². The van der Waals surface area contributed by atoms with Crippen molar-refractivity contribution in [2.45, 2.75) is 0 Å². The Morgan fingerprint density at radius 3 is 2.00 bits per heavy atom. The summed E-state index contributed by atoms with van der Waals surface area (Å²) in [6, 6.07) is 0. The Bertz CT molecular complexity index is 12.8. The van der Waals surface area contributed by atoms with E-state index in [0.29, 0.717) is 0 Å². The molecule has 0 atom stereocenters. The van der Waals surface area contributed by atoms with Crippen molar-refractivity contribution in [1.82, 2.24) is 4.09 Å². The van der Waals surface area contributed by atoms with Gasteiger partial charge in [0.05, 0.1) is 0 Å². The van der Waals surface area contributed by atoms with Gasteiger partial charge in [-0.1, -0.05) is 0 Å². The number of nitrogens with zero attached hydrogens (tertiary/aromatic N) is 1. The fourth-order valence-electron chi connectivity index (χ4n) is 0. The Morgan fingerprint density at radius 2 is 2.00 bits per heavy atom. The number of hydrogen-bond acceptors (Lipinski definition) is 2. The fraction of sp³-hybridized carbons (Fsp3) is 1.00. The third-order valence-corrected chi connectivity index (χ3v) is 0. The molecule has 0 bridgehead atoms. The molecule has 0 saturated carbocycles. The van der Waals surface area contributed by atoms with Crippen molar-refractivity contribution in [3.8, 4) is 0 Å². The Balaban J connectivity index is 2.32. The molecule has 0 radical (unpaired) electrons. The van der Waals surface area contributed by atoms with E-state index < -0.39 is 0 Å². The van der Waals surface area contributed by atoms with E-state index in [9.17, 15) is 0 Å². The van der Waals surface area contributed by atoms with Crippen LogP contribution in [-0.2, 0) is 0 Å². The normalized spacial score (nSPS) is 9.00. The molecule has 0 heterocycles. The summed E-state index contributed by atoms with van der Waals surface area (Å²) in [5, 5.41) is 7.81. The molecule has 0 amide bonds. The van der Waals surface area contributed by atoms with E-state index in [4.69, 9.17) is 5.21 Å². The van der Waals surface area contributed by atoms with Crippen LogP contribution in [0.5, 0.6) is 0 Å². The second-order valence-corrected chi connectivity index (χ2v) is 1.47. The van der Waals surface area contributed by atoms with Gasteiger partial charge in [0.25, 0.3) is 0 Å². The highest BCUT2D eigenvalue weighted by Gasteiger charge is 1.64. The second kappa shape index (κ2) is 1.69. The molecule has 4 heavy (non-hydrogen) atoms. The molecule has 0 unspecified atom stereocenters. The third-order valence-electron chi connectivity index (χ3n) is 0. The molecule has 2 nitrogen and oxygen atoms in total. The molecular weight excluding hydrogens is 122 g/mol. The van der Waals surface area contributed by atoms with Crippen LogP contribution in [0.3, 0.4) is 0 Å². The first-order chi connectivity index (χ1) is 1.73. The largest absolute Gasteiger partial charge is 0.303 e. The quantitative estimate of drug-likeness (QED) is 0.379. The van der Waals surface area contributed by atoms with Crippen LogP contribution in [0.2, 0.25) is 0 Å². The highest BCUT2D eigenvalue weighted by atomic mass is 79.9. The summed E-state index contributed by atoms with van der Waals surface area (Å²) in [5.41, 5.74) is 0. The molecule has 0 saturated heterocycles. The first kappa shape index (κ1) is 4.40. The maximum absolute atomic E-state index is 7.81. The van der Waals surface area contributed by atoms with Crippen LogP contribution in [-0.4, -0.2) is 16.3 Å². The van der Waals surface area contributed by atoms with Crippen molar-refractivity contribution in [3.05, 3.63) is 0 Å². The van der Waals surface area contributed by atoms with Crippen LogP contribution in [0.1, 0.15) is 0 Å². The molecule has 26 valence electrons. The van der Waals surface area contributed by atoms with Crippen molar-refractivity contribution in [2.24, 2.45) is 0 Å². The van der Waals surface area contributed by atoms with Gasteiger partial charge in [0.15, 0.2) is 0 Å². The molecule has 0 aliphatic rings. The Morgan fingerprint density at radius 1 is 2.00 bits per heavy atom. The lowest BCUT2D eigenvalue weighted by Crippen LogP contribution is -1.90. The predicted octanol–water partition coefficient (Wildman–Crippen LogP) is 0.617. The van der Waals surface area contributed by atoms with Crippen LogP contribution in [0.4, 0.5) is 0 Å². The summed E-state index contributed by atoms with van der Waals surface area (Å²) in [6.07, 6.45) is 0. The Labute approximate surface area is 33.3 Å². The Kier molecular flexibility index (Phi) is 1.86. The zero-order valence-electron chi connectivity index (χ0n) is 2.27. The van der Waals surface area contributed by atoms with Gasteiger partial charge in [-0.05, 0) is 0 Å². The molecular formula is CH4BrNO. The summed E-state index contributed by atoms with van der Waals surface area (Å²) in [4.78, 5) is 0. The molecule has 0 aliphatic heterocycles. The molecule has 1 N–H and O–H groups in total. The minimum absolute atomic E-state index is 0.812. The summed E-state index contributed by atoms with van der Waals surface area (Å²) in [7, 11) is 1.47. The highest BCUT2D eigenvalue weighted by molar-refractivity contribution is 9.07. The van der Waals surface area contributed by atoms with Gasteiger partial charge in [-0.2, -0.15) is 0 Å². The van der Waals surface area contributed by atoms with Gasteiger partial charge in [-0.25, -0.2) is 0 Å². The summed E-state index contributed by atoms with van der Waals surface area (Å²) in [5.74, 6) is 0. The summed E-state index contributed by atoms with van der Waals surface area (Å²) >= 11 is 2.66. The maximum Gasteiger partial charge on any atom is 0.0403 e. The molecule has 3 heteroatoms. The topological polar surface area (TPSA) is 23.5 Å². The van der Waals surface area contributed by atoms with E-state index in [2.05, 4.69) is 16.1 Å². The molecule has 0 aromatic heterocycles. The first-order valence-electron chi connectivity index (χ1n) is 0.816. The standard InChI is InChI=1S/CH4BrNO/c1-3(2)4/h4H,1H3. The van der Waals surface area contributed by atoms with E-state index in [1.807, 2.05) is 0 Å². The van der Waals surface area contributed by atoms with Crippen molar-refractivity contribution >= 4 is 16.1 Å². The number of halogens is 1. The van der Waals surface area contributed by atoms with Crippen LogP contribution in [0.25, 0.3) is 0 Å². The van der Waals surface area contributed by atoms with Gasteiger partial charge in [0.2, 0.25) is 0 Å². The van der Waals surface area contributed by atoms with Crippen LogP contribution in [0.15, 0.2) is 0 Å². The second-order valence-electron chi connectivity index (χ2n) is 0.445. The minimum Gasteiger partial charge on any atom is -0.303 e. The highest BCUT2D eigenvalue weighted by Crippen LogP contribution is 1.77.